The van der Waals surface area contributed by atoms with Crippen LogP contribution in [0.25, 0.3) is 11.1 Å². The van der Waals surface area contributed by atoms with Crippen molar-refractivity contribution in [2.45, 2.75) is 102 Å². The molecule has 15 heteroatoms. The van der Waals surface area contributed by atoms with E-state index in [0.29, 0.717) is 31.4 Å². The Balaban J connectivity index is 0.000000459. The summed E-state index contributed by atoms with van der Waals surface area (Å²) in [5.74, 6) is -27.3. The summed E-state index contributed by atoms with van der Waals surface area (Å²) < 4.78 is 187. The van der Waals surface area contributed by atoms with Gasteiger partial charge in [0, 0.05) is 12.0 Å². The van der Waals surface area contributed by atoms with Gasteiger partial charge in [-0.15, -0.1) is 0 Å². The van der Waals surface area contributed by atoms with Gasteiger partial charge in [-0.2, -0.15) is 26.3 Å². The lowest BCUT2D eigenvalue weighted by atomic mass is 9.97. The number of unbranched alkanes of at least 4 members (excludes halogenated alkanes) is 4. The molecule has 258 valence electrons. The summed E-state index contributed by atoms with van der Waals surface area (Å²) >= 11 is 0. The van der Waals surface area contributed by atoms with Crippen molar-refractivity contribution in [1.29, 1.82) is 0 Å². The van der Waals surface area contributed by atoms with Crippen molar-refractivity contribution in [1.82, 2.24) is 0 Å². The third kappa shape index (κ3) is 10.2. The minimum absolute atomic E-state index is 0.128. The molecule has 2 rings (SSSR count). The fourth-order valence-corrected chi connectivity index (χ4v) is 5.58. The molecule has 0 heterocycles. The summed E-state index contributed by atoms with van der Waals surface area (Å²) in [6, 6.07) is 0.665. The van der Waals surface area contributed by atoms with E-state index in [1.807, 2.05) is 20.8 Å². The predicted octanol–water partition coefficient (Wildman–Crippen LogP) is 12.6. The van der Waals surface area contributed by atoms with E-state index in [-0.39, 0.29) is 18.5 Å². The Hall–Kier alpha value is -2.11. The van der Waals surface area contributed by atoms with Gasteiger partial charge in [0.1, 0.15) is 0 Å². The monoisotopic (exact) mass is 692 g/mol. The first-order valence-electron chi connectivity index (χ1n) is 14.4. The molecule has 2 aromatic rings. The average molecular weight is 693 g/mol. The van der Waals surface area contributed by atoms with E-state index in [2.05, 4.69) is 0 Å². The normalized spacial score (nSPS) is 13.4. The smallest absolute Gasteiger partial charge is 0.204 e. The van der Waals surface area contributed by atoms with Crippen LogP contribution in [-0.2, 0) is 0 Å². The highest BCUT2D eigenvalue weighted by Gasteiger charge is 2.70. The van der Waals surface area contributed by atoms with Gasteiger partial charge in [0.05, 0.1) is 5.56 Å². The zero-order valence-corrected chi connectivity index (χ0v) is 25.8. The third-order valence-electron chi connectivity index (χ3n) is 7.16. The first-order valence-corrected chi connectivity index (χ1v) is 15.6. The summed E-state index contributed by atoms with van der Waals surface area (Å²) in [6.45, 7) is 5.80. The van der Waals surface area contributed by atoms with Gasteiger partial charge in [-0.3, -0.25) is 0 Å². The molecule has 0 saturated heterocycles. The van der Waals surface area contributed by atoms with Gasteiger partial charge < -0.3 is 0 Å². The van der Waals surface area contributed by atoms with E-state index in [1.165, 1.54) is 0 Å². The van der Waals surface area contributed by atoms with E-state index in [4.69, 9.17) is 0 Å². The van der Waals surface area contributed by atoms with Crippen LogP contribution in [0.1, 0.15) is 85.0 Å². The zero-order valence-electron chi connectivity index (χ0n) is 24.8. The van der Waals surface area contributed by atoms with Crippen LogP contribution in [0, 0.1) is 52.5 Å². The highest BCUT2D eigenvalue weighted by molar-refractivity contribution is 7.39. The molecule has 0 aromatic heterocycles. The number of hydrogen-bond donors (Lipinski definition) is 0. The highest BCUT2D eigenvalue weighted by atomic mass is 31.1. The topological polar surface area (TPSA) is 0 Å². The number of benzene rings is 2. The molecule has 0 nitrogen and oxygen atoms in total. The van der Waals surface area contributed by atoms with Crippen LogP contribution in [0.3, 0.4) is 0 Å². The molecular formula is C30H35F14P. The van der Waals surface area contributed by atoms with Crippen LogP contribution < -0.4 is 0 Å². The lowest BCUT2D eigenvalue weighted by Gasteiger charge is -2.33. The first-order chi connectivity index (χ1) is 20.8. The maximum Gasteiger partial charge on any atom is 0.375 e. The van der Waals surface area contributed by atoms with E-state index in [1.54, 1.807) is 0 Å². The van der Waals surface area contributed by atoms with Crippen LogP contribution >= 0.6 is 8.58 Å². The fourth-order valence-electron chi connectivity index (χ4n) is 4.31. The molecule has 0 fully saturated rings. The van der Waals surface area contributed by atoms with Crippen molar-refractivity contribution in [3.63, 3.8) is 0 Å². The molecule has 0 aliphatic rings. The van der Waals surface area contributed by atoms with Crippen molar-refractivity contribution in [3.05, 3.63) is 58.7 Å². The minimum Gasteiger partial charge on any atom is -0.204 e. The Morgan fingerprint density at radius 2 is 1.13 bits per heavy atom. The summed E-state index contributed by atoms with van der Waals surface area (Å²) in [6.07, 6.45) is 4.27. The quantitative estimate of drug-likeness (QED) is 0.0540. The molecule has 0 aliphatic heterocycles. The summed E-state index contributed by atoms with van der Waals surface area (Å²) in [5, 5.41) is 0. The van der Waals surface area contributed by atoms with Gasteiger partial charge in [-0.1, -0.05) is 65.7 Å². The second kappa shape index (κ2) is 17.7. The van der Waals surface area contributed by atoms with Crippen molar-refractivity contribution >= 4 is 8.58 Å². The summed E-state index contributed by atoms with van der Waals surface area (Å²) in [7, 11) is -1.47. The van der Waals surface area contributed by atoms with Gasteiger partial charge in [0.15, 0.2) is 40.7 Å². The Labute approximate surface area is 254 Å². The fraction of sp³-hybridized carbons (Fsp3) is 0.600. The summed E-state index contributed by atoms with van der Waals surface area (Å²) in [4.78, 5) is 0. The molecule has 0 radical (unpaired) electrons. The standard InChI is InChI=1S/C18H33F6P.C12H2F8/c1-4-7-9-10-13-16(19,20)17(21,22)18(23,24)25-14-12-15(6-3)11-8-5-2;13-4-2-1-3(6(14)7(4)15)5-8(16)10(18)12(20)11(19)9(5)17/h15,25H,4-14H2,1-3H3;1-2H. The number of halogens is 14. The Morgan fingerprint density at radius 1 is 0.600 bits per heavy atom. The predicted molar refractivity (Wildman–Crippen MR) is 146 cm³/mol. The lowest BCUT2D eigenvalue weighted by molar-refractivity contribution is -0.280. The van der Waals surface area contributed by atoms with Gasteiger partial charge in [0.2, 0.25) is 5.82 Å². The molecule has 0 saturated carbocycles. The zero-order chi connectivity index (χ0) is 34.8. The van der Waals surface area contributed by atoms with Crippen molar-refractivity contribution in [3.8, 4) is 11.1 Å². The maximum atomic E-state index is 13.9. The molecule has 2 aromatic carbocycles. The largest absolute Gasteiger partial charge is 0.375 e. The van der Waals surface area contributed by atoms with Crippen molar-refractivity contribution in [2.24, 2.45) is 5.92 Å². The minimum atomic E-state index is -5.28. The Morgan fingerprint density at radius 3 is 1.64 bits per heavy atom. The average Bonchev–Trinajstić information content (AvgIpc) is 2.99. The van der Waals surface area contributed by atoms with Crippen molar-refractivity contribution in [2.75, 3.05) is 6.16 Å². The Bertz CT molecular complexity index is 1200. The van der Waals surface area contributed by atoms with Crippen LogP contribution in [-0.4, -0.2) is 23.7 Å². The highest BCUT2D eigenvalue weighted by Crippen LogP contribution is 2.55. The van der Waals surface area contributed by atoms with Crippen LogP contribution in [0.15, 0.2) is 12.1 Å². The third-order valence-corrected chi connectivity index (χ3v) is 8.45. The van der Waals surface area contributed by atoms with Crippen LogP contribution in [0.4, 0.5) is 61.5 Å². The molecule has 0 spiro atoms. The molecule has 2 unspecified atom stereocenters. The lowest BCUT2D eigenvalue weighted by Crippen LogP contribution is -2.52. The molecule has 0 amide bonds. The molecule has 45 heavy (non-hydrogen) atoms. The van der Waals surface area contributed by atoms with Gasteiger partial charge in [-0.05, 0) is 45.6 Å². The van der Waals surface area contributed by atoms with Crippen LogP contribution in [0.2, 0.25) is 0 Å². The van der Waals surface area contributed by atoms with E-state index in [0.717, 1.165) is 32.1 Å². The van der Waals surface area contributed by atoms with Gasteiger partial charge in [-0.25, -0.2) is 35.1 Å². The second-order valence-corrected chi connectivity index (χ2v) is 11.9. The number of hydrogen-bond acceptors (Lipinski definition) is 0. The maximum absolute atomic E-state index is 13.9. The van der Waals surface area contributed by atoms with Gasteiger partial charge in [0.25, 0.3) is 0 Å². The molecule has 2 atom stereocenters. The molecule has 0 bridgehead atoms. The van der Waals surface area contributed by atoms with Crippen LogP contribution in [0.5, 0.6) is 0 Å². The number of alkyl halides is 6. The molecular weight excluding hydrogens is 657 g/mol. The summed E-state index contributed by atoms with van der Waals surface area (Å²) in [5.41, 5.74) is -7.60. The van der Waals surface area contributed by atoms with Gasteiger partial charge >= 0.3 is 17.5 Å². The van der Waals surface area contributed by atoms with E-state index < -0.39 is 90.2 Å². The van der Waals surface area contributed by atoms with Crippen molar-refractivity contribution < 1.29 is 61.5 Å². The van der Waals surface area contributed by atoms with E-state index >= 15 is 0 Å². The molecule has 0 aliphatic carbocycles. The second-order valence-electron chi connectivity index (χ2n) is 10.5. The SMILES string of the molecule is CCCCCCC(F)(F)C(F)(F)C(F)(F)PCCC(CC)CCCC.Fc1ccc(-c2c(F)c(F)c(F)c(F)c2F)c(F)c1F. The Kier molecular flexibility index (Phi) is 16.1. The first kappa shape index (κ1) is 40.9. The molecule has 0 N–H and O–H groups in total. The number of rotatable bonds is 16. The van der Waals surface area contributed by atoms with E-state index in [9.17, 15) is 61.5 Å².